The van der Waals surface area contributed by atoms with E-state index in [0.29, 0.717) is 0 Å². The zero-order chi connectivity index (χ0) is 11.0. The second-order valence-corrected chi connectivity index (χ2v) is 5.36. The molecule has 78 valence electrons. The molecule has 15 heavy (non-hydrogen) atoms. The minimum Gasteiger partial charge on any atom is -0.399 e. The summed E-state index contributed by atoms with van der Waals surface area (Å²) in [5.74, 6) is 0. The first kappa shape index (κ1) is 10.2. The number of nitrogens with two attached hydrogens (primary N) is 1. The number of anilines is 1. The lowest BCUT2D eigenvalue weighted by molar-refractivity contribution is 1.45. The van der Waals surface area contributed by atoms with Crippen LogP contribution in [0.4, 0.5) is 5.69 Å². The maximum atomic E-state index is 5.75. The van der Waals surface area contributed by atoms with Gasteiger partial charge in [0.1, 0.15) is 0 Å². The van der Waals surface area contributed by atoms with Crippen molar-refractivity contribution in [1.29, 1.82) is 0 Å². The summed E-state index contributed by atoms with van der Waals surface area (Å²) in [7, 11) is 0. The van der Waals surface area contributed by atoms with Crippen molar-refractivity contribution in [2.24, 2.45) is 0 Å². The highest BCUT2D eigenvalue weighted by Gasteiger charge is 2.07. The van der Waals surface area contributed by atoms with E-state index >= 15 is 0 Å². The van der Waals surface area contributed by atoms with Gasteiger partial charge in [0.25, 0.3) is 0 Å². The SMILES string of the molecule is Cc1cc(-c2ccc(N)cc2C)c(C)s1. The average molecular weight is 217 g/mol. The molecule has 1 aromatic carbocycles. The van der Waals surface area contributed by atoms with Gasteiger partial charge in [0.05, 0.1) is 0 Å². The number of aryl methyl sites for hydroxylation is 3. The predicted molar refractivity (Wildman–Crippen MR) is 68.4 cm³/mol. The van der Waals surface area contributed by atoms with Gasteiger partial charge in [0.15, 0.2) is 0 Å². The topological polar surface area (TPSA) is 26.0 Å². The van der Waals surface area contributed by atoms with E-state index < -0.39 is 0 Å². The molecule has 1 aromatic heterocycles. The van der Waals surface area contributed by atoms with Gasteiger partial charge in [-0.25, -0.2) is 0 Å². The van der Waals surface area contributed by atoms with Crippen molar-refractivity contribution in [3.8, 4) is 11.1 Å². The smallest absolute Gasteiger partial charge is 0.0317 e. The molecule has 0 fully saturated rings. The van der Waals surface area contributed by atoms with Crippen LogP contribution in [0.25, 0.3) is 11.1 Å². The summed E-state index contributed by atoms with van der Waals surface area (Å²) in [6, 6.07) is 8.36. The van der Waals surface area contributed by atoms with Crippen LogP contribution in [0.3, 0.4) is 0 Å². The molecule has 0 bridgehead atoms. The molecule has 0 radical (unpaired) electrons. The van der Waals surface area contributed by atoms with Crippen LogP contribution in [0, 0.1) is 20.8 Å². The molecule has 0 aliphatic heterocycles. The van der Waals surface area contributed by atoms with E-state index in [2.05, 4.69) is 32.9 Å². The fourth-order valence-electron chi connectivity index (χ4n) is 1.89. The second-order valence-electron chi connectivity index (χ2n) is 3.90. The number of nitrogen functional groups attached to an aromatic ring is 1. The minimum absolute atomic E-state index is 0.834. The molecule has 2 N–H and O–H groups in total. The first-order chi connectivity index (χ1) is 7.08. The highest BCUT2D eigenvalue weighted by molar-refractivity contribution is 7.12. The third kappa shape index (κ3) is 1.90. The van der Waals surface area contributed by atoms with Gasteiger partial charge in [-0.2, -0.15) is 0 Å². The summed E-state index contributed by atoms with van der Waals surface area (Å²) in [5.41, 5.74) is 10.5. The molecule has 2 rings (SSSR count). The number of benzene rings is 1. The fourth-order valence-corrected chi connectivity index (χ4v) is 2.83. The molecular weight excluding hydrogens is 202 g/mol. The molecule has 1 nitrogen and oxygen atoms in total. The van der Waals surface area contributed by atoms with Crippen molar-refractivity contribution in [3.63, 3.8) is 0 Å². The molecule has 0 aliphatic carbocycles. The van der Waals surface area contributed by atoms with Crippen LogP contribution in [-0.4, -0.2) is 0 Å². The van der Waals surface area contributed by atoms with Crippen LogP contribution >= 0.6 is 11.3 Å². The zero-order valence-corrected chi connectivity index (χ0v) is 10.1. The van der Waals surface area contributed by atoms with Gasteiger partial charge < -0.3 is 5.73 Å². The maximum Gasteiger partial charge on any atom is 0.0317 e. The van der Waals surface area contributed by atoms with Gasteiger partial charge in [0, 0.05) is 15.4 Å². The van der Waals surface area contributed by atoms with Crippen LogP contribution < -0.4 is 5.73 Å². The molecule has 2 aromatic rings. The molecule has 0 unspecified atom stereocenters. The Morgan fingerprint density at radius 1 is 1.00 bits per heavy atom. The van der Waals surface area contributed by atoms with Crippen LogP contribution in [0.15, 0.2) is 24.3 Å². The predicted octanol–water partition coefficient (Wildman–Crippen LogP) is 3.92. The quantitative estimate of drug-likeness (QED) is 0.720. The largest absolute Gasteiger partial charge is 0.399 e. The molecule has 0 spiro atoms. The molecule has 0 amide bonds. The molecule has 2 heteroatoms. The van der Waals surface area contributed by atoms with Gasteiger partial charge in [-0.3, -0.25) is 0 Å². The number of rotatable bonds is 1. The molecule has 0 atom stereocenters. The van der Waals surface area contributed by atoms with E-state index in [1.165, 1.54) is 26.4 Å². The van der Waals surface area contributed by atoms with Crippen LogP contribution in [0.1, 0.15) is 15.3 Å². The van der Waals surface area contributed by atoms with Crippen molar-refractivity contribution in [2.75, 3.05) is 5.73 Å². The Balaban J connectivity index is 2.59. The first-order valence-corrected chi connectivity index (χ1v) is 5.83. The average Bonchev–Trinajstić information content (AvgIpc) is 2.45. The van der Waals surface area contributed by atoms with Gasteiger partial charge in [-0.15, -0.1) is 11.3 Å². The Labute approximate surface area is 94.6 Å². The van der Waals surface area contributed by atoms with Gasteiger partial charge in [-0.1, -0.05) is 6.07 Å². The molecule has 0 aliphatic rings. The first-order valence-electron chi connectivity index (χ1n) is 5.01. The third-order valence-electron chi connectivity index (χ3n) is 2.58. The molecule has 0 saturated carbocycles. The standard InChI is InChI=1S/C13H15NS/c1-8-6-11(14)4-5-12(8)13-7-9(2)15-10(13)3/h4-7H,14H2,1-3H3. The summed E-state index contributed by atoms with van der Waals surface area (Å²) in [4.78, 5) is 2.74. The Morgan fingerprint density at radius 3 is 2.27 bits per heavy atom. The third-order valence-corrected chi connectivity index (χ3v) is 3.55. The van der Waals surface area contributed by atoms with E-state index in [4.69, 9.17) is 5.73 Å². The summed E-state index contributed by atoms with van der Waals surface area (Å²) in [5, 5.41) is 0. The van der Waals surface area contributed by atoms with Crippen molar-refractivity contribution in [3.05, 3.63) is 39.6 Å². The van der Waals surface area contributed by atoms with E-state index in [1.54, 1.807) is 0 Å². The molecular formula is C13H15NS. The van der Waals surface area contributed by atoms with E-state index in [9.17, 15) is 0 Å². The summed E-state index contributed by atoms with van der Waals surface area (Å²) in [6.07, 6.45) is 0. The van der Waals surface area contributed by atoms with Gasteiger partial charge in [-0.05, 0) is 55.7 Å². The zero-order valence-electron chi connectivity index (χ0n) is 9.29. The highest BCUT2D eigenvalue weighted by atomic mass is 32.1. The molecule has 0 saturated heterocycles. The number of hydrogen-bond acceptors (Lipinski definition) is 2. The number of hydrogen-bond donors (Lipinski definition) is 1. The van der Waals surface area contributed by atoms with Crippen LogP contribution in [0.5, 0.6) is 0 Å². The van der Waals surface area contributed by atoms with Crippen LogP contribution in [-0.2, 0) is 0 Å². The van der Waals surface area contributed by atoms with E-state index in [0.717, 1.165) is 5.69 Å². The molecule has 1 heterocycles. The van der Waals surface area contributed by atoms with Crippen molar-refractivity contribution < 1.29 is 0 Å². The van der Waals surface area contributed by atoms with E-state index in [-0.39, 0.29) is 0 Å². The highest BCUT2D eigenvalue weighted by Crippen LogP contribution is 2.33. The Hall–Kier alpha value is -1.28. The lowest BCUT2D eigenvalue weighted by Crippen LogP contribution is -1.88. The lowest BCUT2D eigenvalue weighted by atomic mass is 10.0. The Kier molecular flexibility index (Phi) is 2.53. The Bertz CT molecular complexity index is 497. The normalized spacial score (nSPS) is 10.6. The van der Waals surface area contributed by atoms with Crippen molar-refractivity contribution >= 4 is 17.0 Å². The van der Waals surface area contributed by atoms with Gasteiger partial charge in [0.2, 0.25) is 0 Å². The monoisotopic (exact) mass is 217 g/mol. The summed E-state index contributed by atoms with van der Waals surface area (Å²) < 4.78 is 0. The maximum absolute atomic E-state index is 5.75. The Morgan fingerprint density at radius 2 is 1.73 bits per heavy atom. The van der Waals surface area contributed by atoms with Crippen LogP contribution in [0.2, 0.25) is 0 Å². The summed E-state index contributed by atoms with van der Waals surface area (Å²) in [6.45, 7) is 6.43. The van der Waals surface area contributed by atoms with Crippen molar-refractivity contribution in [2.45, 2.75) is 20.8 Å². The summed E-state index contributed by atoms with van der Waals surface area (Å²) >= 11 is 1.85. The number of thiophene rings is 1. The minimum atomic E-state index is 0.834. The lowest BCUT2D eigenvalue weighted by Gasteiger charge is -2.06. The fraction of sp³-hybridized carbons (Fsp3) is 0.231. The second kappa shape index (κ2) is 3.70. The van der Waals surface area contributed by atoms with Crippen molar-refractivity contribution in [1.82, 2.24) is 0 Å². The van der Waals surface area contributed by atoms with Gasteiger partial charge >= 0.3 is 0 Å². The van der Waals surface area contributed by atoms with E-state index in [1.807, 2.05) is 23.5 Å².